The Hall–Kier alpha value is -0.620. The van der Waals surface area contributed by atoms with Crippen LogP contribution in [-0.4, -0.2) is 40.6 Å². The third-order valence-electron chi connectivity index (χ3n) is 3.01. The third-order valence-corrected chi connectivity index (χ3v) is 3.63. The molecule has 114 valence electrons. The summed E-state index contributed by atoms with van der Waals surface area (Å²) >= 11 is 3.54. The third kappa shape index (κ3) is 6.22. The Labute approximate surface area is 129 Å². The van der Waals surface area contributed by atoms with Crippen molar-refractivity contribution in [2.24, 2.45) is 0 Å². The topological polar surface area (TPSA) is 39.7 Å². The monoisotopic (exact) mass is 345 g/mol. The first-order chi connectivity index (χ1) is 9.69. The van der Waals surface area contributed by atoms with Crippen LogP contribution in [0.2, 0.25) is 0 Å². The SMILES string of the molecule is CNC(C)c1ccc(OCCOCCCOC)c(Br)c1. The highest BCUT2D eigenvalue weighted by molar-refractivity contribution is 9.10. The van der Waals surface area contributed by atoms with Gasteiger partial charge in [0.15, 0.2) is 0 Å². The molecule has 0 bridgehead atoms. The van der Waals surface area contributed by atoms with Gasteiger partial charge in [-0.1, -0.05) is 6.07 Å². The Balaban J connectivity index is 2.30. The first-order valence-electron chi connectivity index (χ1n) is 6.85. The molecule has 0 saturated carbocycles. The first-order valence-corrected chi connectivity index (χ1v) is 7.64. The fraction of sp³-hybridized carbons (Fsp3) is 0.600. The van der Waals surface area contributed by atoms with Crippen LogP contribution in [0.15, 0.2) is 22.7 Å². The summed E-state index contributed by atoms with van der Waals surface area (Å²) in [5.41, 5.74) is 1.22. The Morgan fingerprint density at radius 3 is 2.65 bits per heavy atom. The smallest absolute Gasteiger partial charge is 0.133 e. The minimum absolute atomic E-state index is 0.324. The van der Waals surface area contributed by atoms with Crippen LogP contribution >= 0.6 is 15.9 Å². The highest BCUT2D eigenvalue weighted by Crippen LogP contribution is 2.28. The molecule has 5 heteroatoms. The molecule has 1 aromatic rings. The molecule has 1 rings (SSSR count). The molecule has 0 saturated heterocycles. The lowest BCUT2D eigenvalue weighted by molar-refractivity contribution is 0.0805. The highest BCUT2D eigenvalue weighted by Gasteiger charge is 2.07. The van der Waals surface area contributed by atoms with Gasteiger partial charge in [0.1, 0.15) is 12.4 Å². The van der Waals surface area contributed by atoms with Crippen molar-refractivity contribution >= 4 is 15.9 Å². The van der Waals surface area contributed by atoms with Gasteiger partial charge in [0.05, 0.1) is 11.1 Å². The summed E-state index contributed by atoms with van der Waals surface area (Å²) < 4.78 is 17.1. The largest absolute Gasteiger partial charge is 0.490 e. The molecule has 1 atom stereocenters. The van der Waals surface area contributed by atoms with Gasteiger partial charge in [-0.25, -0.2) is 0 Å². The number of rotatable bonds is 10. The van der Waals surface area contributed by atoms with Gasteiger partial charge in [0.2, 0.25) is 0 Å². The predicted molar refractivity (Wildman–Crippen MR) is 84.4 cm³/mol. The summed E-state index contributed by atoms with van der Waals surface area (Å²) in [6, 6.07) is 6.46. The van der Waals surface area contributed by atoms with E-state index in [1.807, 2.05) is 13.1 Å². The number of hydrogen-bond acceptors (Lipinski definition) is 4. The number of halogens is 1. The summed E-state index contributed by atoms with van der Waals surface area (Å²) in [5.74, 6) is 0.845. The van der Waals surface area contributed by atoms with Crippen molar-refractivity contribution in [1.82, 2.24) is 5.32 Å². The van der Waals surface area contributed by atoms with Crippen LogP contribution in [0, 0.1) is 0 Å². The van der Waals surface area contributed by atoms with Crippen LogP contribution in [0.4, 0.5) is 0 Å². The second-order valence-electron chi connectivity index (χ2n) is 4.51. The van der Waals surface area contributed by atoms with E-state index in [-0.39, 0.29) is 0 Å². The fourth-order valence-electron chi connectivity index (χ4n) is 1.69. The molecule has 0 fully saturated rings. The molecular formula is C15H24BrNO3. The number of hydrogen-bond donors (Lipinski definition) is 1. The van der Waals surface area contributed by atoms with Gasteiger partial charge in [-0.05, 0) is 54.0 Å². The molecule has 20 heavy (non-hydrogen) atoms. The average Bonchev–Trinajstić information content (AvgIpc) is 2.46. The highest BCUT2D eigenvalue weighted by atomic mass is 79.9. The molecule has 0 radical (unpaired) electrons. The van der Waals surface area contributed by atoms with Crippen LogP contribution in [0.1, 0.15) is 24.9 Å². The Bertz CT molecular complexity index is 387. The summed E-state index contributed by atoms with van der Waals surface area (Å²) in [5, 5.41) is 3.21. The minimum Gasteiger partial charge on any atom is -0.490 e. The molecule has 1 aromatic carbocycles. The molecule has 0 spiro atoms. The number of methoxy groups -OCH3 is 1. The van der Waals surface area contributed by atoms with Gasteiger partial charge in [-0.3, -0.25) is 0 Å². The van der Waals surface area contributed by atoms with Gasteiger partial charge in [0, 0.05) is 26.4 Å². The fourth-order valence-corrected chi connectivity index (χ4v) is 2.20. The van der Waals surface area contributed by atoms with Crippen molar-refractivity contribution in [1.29, 1.82) is 0 Å². The summed E-state index contributed by atoms with van der Waals surface area (Å²) in [6.07, 6.45) is 0.913. The molecular weight excluding hydrogens is 322 g/mol. The summed E-state index contributed by atoms with van der Waals surface area (Å²) in [7, 11) is 3.64. The maximum absolute atomic E-state index is 5.69. The van der Waals surface area contributed by atoms with Crippen LogP contribution < -0.4 is 10.1 Å². The van der Waals surface area contributed by atoms with Crippen molar-refractivity contribution in [2.45, 2.75) is 19.4 Å². The van der Waals surface area contributed by atoms with Gasteiger partial charge in [-0.2, -0.15) is 0 Å². The standard InChI is InChI=1S/C15H24BrNO3/c1-12(17-2)13-5-6-15(14(16)11-13)20-10-9-19-8-4-7-18-3/h5-6,11-12,17H,4,7-10H2,1-3H3. The maximum Gasteiger partial charge on any atom is 0.133 e. The van der Waals surface area contributed by atoms with E-state index < -0.39 is 0 Å². The zero-order valence-electron chi connectivity index (χ0n) is 12.4. The first kappa shape index (κ1) is 17.4. The summed E-state index contributed by atoms with van der Waals surface area (Å²) in [6.45, 7) is 4.70. The molecule has 4 nitrogen and oxygen atoms in total. The minimum atomic E-state index is 0.324. The predicted octanol–water partition coefficient (Wildman–Crippen LogP) is 3.16. The van der Waals surface area contributed by atoms with E-state index in [0.29, 0.717) is 25.9 Å². The van der Waals surface area contributed by atoms with Crippen LogP contribution in [-0.2, 0) is 9.47 Å². The second kappa shape index (κ2) is 10.2. The van der Waals surface area contributed by atoms with Gasteiger partial charge in [-0.15, -0.1) is 0 Å². The van der Waals surface area contributed by atoms with Crippen molar-refractivity contribution in [3.63, 3.8) is 0 Å². The lowest BCUT2D eigenvalue weighted by Crippen LogP contribution is -2.12. The van der Waals surface area contributed by atoms with Gasteiger partial charge < -0.3 is 19.5 Å². The van der Waals surface area contributed by atoms with E-state index in [9.17, 15) is 0 Å². The summed E-state index contributed by atoms with van der Waals surface area (Å²) in [4.78, 5) is 0. The molecule has 1 N–H and O–H groups in total. The van der Waals surface area contributed by atoms with Crippen molar-refractivity contribution in [3.8, 4) is 5.75 Å². The Kier molecular flexibility index (Phi) is 8.85. The zero-order chi connectivity index (χ0) is 14.8. The van der Waals surface area contributed by atoms with Crippen molar-refractivity contribution < 1.29 is 14.2 Å². The van der Waals surface area contributed by atoms with E-state index in [2.05, 4.69) is 40.3 Å². The van der Waals surface area contributed by atoms with Crippen molar-refractivity contribution in [3.05, 3.63) is 28.2 Å². The van der Waals surface area contributed by atoms with Gasteiger partial charge in [0.25, 0.3) is 0 Å². The molecule has 0 amide bonds. The van der Waals surface area contributed by atoms with Crippen LogP contribution in [0.3, 0.4) is 0 Å². The quantitative estimate of drug-likeness (QED) is 0.661. The Morgan fingerprint density at radius 1 is 1.20 bits per heavy atom. The van der Waals surface area contributed by atoms with E-state index in [4.69, 9.17) is 14.2 Å². The Morgan fingerprint density at radius 2 is 2.00 bits per heavy atom. The second-order valence-corrected chi connectivity index (χ2v) is 5.36. The van der Waals surface area contributed by atoms with E-state index in [1.54, 1.807) is 7.11 Å². The zero-order valence-corrected chi connectivity index (χ0v) is 14.0. The lowest BCUT2D eigenvalue weighted by atomic mass is 10.1. The molecule has 0 aliphatic carbocycles. The van der Waals surface area contributed by atoms with Gasteiger partial charge >= 0.3 is 0 Å². The number of ether oxygens (including phenoxy) is 3. The molecule has 0 aliphatic rings. The van der Waals surface area contributed by atoms with E-state index >= 15 is 0 Å². The molecule has 0 heterocycles. The maximum atomic E-state index is 5.69. The molecule has 0 aliphatic heterocycles. The average molecular weight is 346 g/mol. The lowest BCUT2D eigenvalue weighted by Gasteiger charge is -2.13. The number of nitrogens with one attached hydrogen (secondary N) is 1. The molecule has 1 unspecified atom stereocenters. The van der Waals surface area contributed by atoms with Crippen molar-refractivity contribution in [2.75, 3.05) is 40.6 Å². The normalized spacial score (nSPS) is 12.4. The van der Waals surface area contributed by atoms with Crippen LogP contribution in [0.25, 0.3) is 0 Å². The van der Waals surface area contributed by atoms with Crippen LogP contribution in [0.5, 0.6) is 5.75 Å². The van der Waals surface area contributed by atoms with E-state index in [0.717, 1.165) is 23.2 Å². The molecule has 0 aromatic heterocycles. The number of benzene rings is 1. The van der Waals surface area contributed by atoms with E-state index in [1.165, 1.54) is 5.56 Å².